The van der Waals surface area contributed by atoms with Crippen LogP contribution in [0.25, 0.3) is 6.08 Å². The molecule has 2 N–H and O–H groups in total. The van der Waals surface area contributed by atoms with E-state index >= 15 is 0 Å². The topological polar surface area (TPSA) is 66.4 Å². The predicted octanol–water partition coefficient (Wildman–Crippen LogP) is 3.42. The minimum absolute atomic E-state index is 0.373. The fraction of sp³-hybridized carbons (Fsp3) is 0.375. The zero-order valence-corrected chi connectivity index (χ0v) is 13.2. The molecule has 0 radical (unpaired) electrons. The molecule has 0 aliphatic rings. The van der Waals surface area contributed by atoms with Gasteiger partial charge in [-0.25, -0.2) is 4.79 Å². The maximum Gasteiger partial charge on any atom is 0.329 e. The van der Waals surface area contributed by atoms with Crippen molar-refractivity contribution in [1.82, 2.24) is 5.32 Å². The molecule has 114 valence electrons. The van der Waals surface area contributed by atoms with Gasteiger partial charge >= 0.3 is 5.97 Å². The lowest BCUT2D eigenvalue weighted by molar-refractivity contribution is -0.146. The van der Waals surface area contributed by atoms with Crippen LogP contribution in [0.4, 0.5) is 0 Å². The Kier molecular flexibility index (Phi) is 5.97. The van der Waals surface area contributed by atoms with Crippen molar-refractivity contribution in [3.05, 3.63) is 40.4 Å². The van der Waals surface area contributed by atoms with E-state index in [1.165, 1.54) is 13.0 Å². The van der Waals surface area contributed by atoms with E-state index in [1.54, 1.807) is 12.1 Å². The fourth-order valence-corrected chi connectivity index (χ4v) is 2.11. The largest absolute Gasteiger partial charge is 0.480 e. The highest BCUT2D eigenvalue weighted by atomic mass is 35.5. The molecule has 1 rings (SSSR count). The number of benzene rings is 1. The van der Waals surface area contributed by atoms with Crippen molar-refractivity contribution >= 4 is 29.6 Å². The molecule has 1 aromatic carbocycles. The molecule has 0 heterocycles. The van der Waals surface area contributed by atoms with Gasteiger partial charge in [0.05, 0.1) is 0 Å². The lowest BCUT2D eigenvalue weighted by Crippen LogP contribution is -2.51. The third-order valence-corrected chi connectivity index (χ3v) is 3.65. The molecule has 4 nitrogen and oxygen atoms in total. The molecule has 0 bridgehead atoms. The summed E-state index contributed by atoms with van der Waals surface area (Å²) in [5, 5.41) is 12.4. The van der Waals surface area contributed by atoms with Crippen LogP contribution in [0, 0.1) is 6.92 Å². The Morgan fingerprint density at radius 3 is 2.62 bits per heavy atom. The van der Waals surface area contributed by atoms with E-state index < -0.39 is 17.4 Å². The number of carbonyl (C=O) groups excluding carboxylic acids is 1. The maximum absolute atomic E-state index is 11.9. The average Bonchev–Trinajstić information content (AvgIpc) is 2.40. The predicted molar refractivity (Wildman–Crippen MR) is 84.3 cm³/mol. The third-order valence-electron chi connectivity index (χ3n) is 3.24. The monoisotopic (exact) mass is 309 g/mol. The minimum atomic E-state index is -1.25. The zero-order valence-electron chi connectivity index (χ0n) is 12.4. The number of hydrogen-bond acceptors (Lipinski definition) is 2. The van der Waals surface area contributed by atoms with Crippen LogP contribution >= 0.6 is 11.6 Å². The van der Waals surface area contributed by atoms with E-state index in [4.69, 9.17) is 11.6 Å². The van der Waals surface area contributed by atoms with Crippen LogP contribution in [0.2, 0.25) is 5.02 Å². The maximum atomic E-state index is 11.9. The molecule has 1 unspecified atom stereocenters. The molecule has 0 aliphatic carbocycles. The molecule has 0 fully saturated rings. The summed E-state index contributed by atoms with van der Waals surface area (Å²) in [6.45, 7) is 5.27. The molecule has 21 heavy (non-hydrogen) atoms. The van der Waals surface area contributed by atoms with Crippen molar-refractivity contribution in [3.8, 4) is 0 Å². The molecule has 0 aliphatic heterocycles. The summed E-state index contributed by atoms with van der Waals surface area (Å²) < 4.78 is 0. The van der Waals surface area contributed by atoms with E-state index in [-0.39, 0.29) is 0 Å². The second-order valence-corrected chi connectivity index (χ2v) is 5.63. The summed E-state index contributed by atoms with van der Waals surface area (Å²) >= 11 is 6.01. The van der Waals surface area contributed by atoms with Crippen LogP contribution in [-0.4, -0.2) is 22.5 Å². The lowest BCUT2D eigenvalue weighted by Gasteiger charge is -2.24. The van der Waals surface area contributed by atoms with Crippen molar-refractivity contribution in [3.63, 3.8) is 0 Å². The van der Waals surface area contributed by atoms with E-state index in [0.717, 1.165) is 11.1 Å². The summed E-state index contributed by atoms with van der Waals surface area (Å²) in [5.41, 5.74) is 0.495. The number of nitrogens with one attached hydrogen (secondary N) is 1. The first kappa shape index (κ1) is 17.2. The number of aliphatic carboxylic acids is 1. The van der Waals surface area contributed by atoms with Crippen molar-refractivity contribution in [2.24, 2.45) is 0 Å². The Bertz CT molecular complexity index is 569. The van der Waals surface area contributed by atoms with Gasteiger partial charge in [0.15, 0.2) is 0 Å². The fourth-order valence-electron chi connectivity index (χ4n) is 1.92. The first-order chi connectivity index (χ1) is 9.78. The zero-order chi connectivity index (χ0) is 16.0. The Labute approximate surface area is 129 Å². The highest BCUT2D eigenvalue weighted by Gasteiger charge is 2.33. The van der Waals surface area contributed by atoms with Crippen LogP contribution < -0.4 is 5.32 Å². The molecule has 0 spiro atoms. The molecule has 0 saturated carbocycles. The summed E-state index contributed by atoms with van der Waals surface area (Å²) in [6, 6.07) is 5.45. The van der Waals surface area contributed by atoms with Gasteiger partial charge in [-0.3, -0.25) is 4.79 Å². The molecule has 1 aromatic rings. The standard InChI is InChI=1S/C16H20ClNO3/c1-4-9-16(3,15(20)21)18-14(19)8-7-12-6-5-11(2)13(17)10-12/h5-8,10H,4,9H2,1-3H3,(H,18,19)(H,20,21)/b8-7+. The SMILES string of the molecule is CCCC(C)(NC(=O)/C=C/c1ccc(C)c(Cl)c1)C(=O)O. The van der Waals surface area contributed by atoms with Crippen molar-refractivity contribution in [1.29, 1.82) is 0 Å². The van der Waals surface area contributed by atoms with Gasteiger partial charge in [-0.2, -0.15) is 0 Å². The van der Waals surface area contributed by atoms with E-state index in [0.29, 0.717) is 17.9 Å². The number of halogens is 1. The number of rotatable bonds is 6. The van der Waals surface area contributed by atoms with Gasteiger partial charge in [0.2, 0.25) is 5.91 Å². The summed E-state index contributed by atoms with van der Waals surface area (Å²) in [6.07, 6.45) is 3.96. The Morgan fingerprint density at radius 1 is 1.43 bits per heavy atom. The Hall–Kier alpha value is -1.81. The molecule has 1 amide bonds. The van der Waals surface area contributed by atoms with Gasteiger partial charge in [-0.15, -0.1) is 0 Å². The van der Waals surface area contributed by atoms with Gasteiger partial charge in [-0.1, -0.05) is 37.1 Å². The second-order valence-electron chi connectivity index (χ2n) is 5.22. The first-order valence-electron chi connectivity index (χ1n) is 6.78. The molecule has 5 heteroatoms. The van der Waals surface area contributed by atoms with E-state index in [1.807, 2.05) is 26.0 Å². The molecule has 0 saturated heterocycles. The number of aryl methyl sites for hydroxylation is 1. The minimum Gasteiger partial charge on any atom is -0.480 e. The smallest absolute Gasteiger partial charge is 0.329 e. The van der Waals surface area contributed by atoms with Crippen LogP contribution in [0.1, 0.15) is 37.8 Å². The molecular weight excluding hydrogens is 290 g/mol. The van der Waals surface area contributed by atoms with Crippen LogP contribution in [-0.2, 0) is 9.59 Å². The second kappa shape index (κ2) is 7.27. The van der Waals surface area contributed by atoms with Gasteiger partial charge in [0.1, 0.15) is 5.54 Å². The quantitative estimate of drug-likeness (QED) is 0.791. The number of hydrogen-bond donors (Lipinski definition) is 2. The van der Waals surface area contributed by atoms with Crippen LogP contribution in [0.5, 0.6) is 0 Å². The number of carbonyl (C=O) groups is 2. The van der Waals surface area contributed by atoms with Crippen molar-refractivity contribution in [2.75, 3.05) is 0 Å². The van der Waals surface area contributed by atoms with Gasteiger partial charge in [0.25, 0.3) is 0 Å². The number of carboxylic acid groups (broad SMARTS) is 1. The lowest BCUT2D eigenvalue weighted by atomic mass is 9.96. The van der Waals surface area contributed by atoms with Crippen molar-refractivity contribution in [2.45, 2.75) is 39.2 Å². The molecule has 1 atom stereocenters. The Morgan fingerprint density at radius 2 is 2.10 bits per heavy atom. The highest BCUT2D eigenvalue weighted by molar-refractivity contribution is 6.31. The van der Waals surface area contributed by atoms with Crippen LogP contribution in [0.15, 0.2) is 24.3 Å². The van der Waals surface area contributed by atoms with Crippen LogP contribution in [0.3, 0.4) is 0 Å². The number of carboxylic acids is 1. The first-order valence-corrected chi connectivity index (χ1v) is 7.16. The molecular formula is C16H20ClNO3. The summed E-state index contributed by atoms with van der Waals surface area (Å²) in [5.74, 6) is -1.48. The van der Waals surface area contributed by atoms with E-state index in [9.17, 15) is 14.7 Å². The van der Waals surface area contributed by atoms with Gasteiger partial charge in [0, 0.05) is 11.1 Å². The van der Waals surface area contributed by atoms with Gasteiger partial charge in [-0.05, 0) is 43.5 Å². The number of amides is 1. The summed E-state index contributed by atoms with van der Waals surface area (Å²) in [4.78, 5) is 23.1. The Balaban J connectivity index is 2.78. The average molecular weight is 310 g/mol. The highest BCUT2D eigenvalue weighted by Crippen LogP contribution is 2.17. The van der Waals surface area contributed by atoms with Crippen molar-refractivity contribution < 1.29 is 14.7 Å². The third kappa shape index (κ3) is 4.90. The normalized spacial score (nSPS) is 13.9. The van der Waals surface area contributed by atoms with E-state index in [2.05, 4.69) is 5.32 Å². The summed E-state index contributed by atoms with van der Waals surface area (Å²) in [7, 11) is 0. The molecule has 0 aromatic heterocycles. The van der Waals surface area contributed by atoms with Gasteiger partial charge < -0.3 is 10.4 Å².